The number of carbonyl (C=O) groups excluding carboxylic acids is 1. The summed E-state index contributed by atoms with van der Waals surface area (Å²) in [5.41, 5.74) is -0.0486. The molecule has 0 bridgehead atoms. The van der Waals surface area contributed by atoms with Gasteiger partial charge in [0, 0.05) is 25.2 Å². The summed E-state index contributed by atoms with van der Waals surface area (Å²) in [6, 6.07) is 2.77. The molecule has 0 unspecified atom stereocenters. The average molecular weight is 318 g/mol. The summed E-state index contributed by atoms with van der Waals surface area (Å²) >= 11 is 0. The van der Waals surface area contributed by atoms with E-state index in [9.17, 15) is 22.0 Å². The van der Waals surface area contributed by atoms with E-state index in [-0.39, 0.29) is 17.9 Å². The Labute approximate surface area is 122 Å². The Kier molecular flexibility index (Phi) is 4.89. The zero-order chi connectivity index (χ0) is 15.5. The van der Waals surface area contributed by atoms with E-state index in [2.05, 4.69) is 5.32 Å². The lowest BCUT2D eigenvalue weighted by molar-refractivity contribution is 0.0955. The summed E-state index contributed by atoms with van der Waals surface area (Å²) in [6.45, 7) is 0.954. The van der Waals surface area contributed by atoms with Crippen LogP contribution in [0.1, 0.15) is 23.2 Å². The van der Waals surface area contributed by atoms with Crippen molar-refractivity contribution in [3.63, 3.8) is 0 Å². The topological polar surface area (TPSA) is 66.5 Å². The zero-order valence-corrected chi connectivity index (χ0v) is 12.1. The quantitative estimate of drug-likeness (QED) is 0.885. The molecule has 0 aliphatic carbocycles. The highest BCUT2D eigenvalue weighted by Crippen LogP contribution is 2.13. The van der Waals surface area contributed by atoms with Gasteiger partial charge in [0.1, 0.15) is 0 Å². The molecule has 116 valence electrons. The molecule has 1 aliphatic heterocycles. The summed E-state index contributed by atoms with van der Waals surface area (Å²) in [7, 11) is -3.37. The van der Waals surface area contributed by atoms with Gasteiger partial charge in [-0.2, -0.15) is 0 Å². The Hall–Kier alpha value is -1.54. The molecule has 1 aliphatic rings. The predicted octanol–water partition coefficient (Wildman–Crippen LogP) is 1.12. The largest absolute Gasteiger partial charge is 0.351 e. The van der Waals surface area contributed by atoms with E-state index in [4.69, 9.17) is 0 Å². The monoisotopic (exact) mass is 318 g/mol. The van der Waals surface area contributed by atoms with Crippen molar-refractivity contribution in [2.45, 2.75) is 12.8 Å². The van der Waals surface area contributed by atoms with Gasteiger partial charge in [-0.1, -0.05) is 0 Å². The second kappa shape index (κ2) is 6.48. The normalized spacial score (nSPS) is 16.1. The Morgan fingerprint density at radius 3 is 2.48 bits per heavy atom. The molecule has 0 aromatic heterocycles. The van der Waals surface area contributed by atoms with Gasteiger partial charge in [0.25, 0.3) is 5.91 Å². The number of carbonyl (C=O) groups is 1. The van der Waals surface area contributed by atoms with Crippen LogP contribution in [0.3, 0.4) is 0 Å². The molecular weight excluding hydrogens is 302 g/mol. The summed E-state index contributed by atoms with van der Waals surface area (Å²) < 4.78 is 51.0. The highest BCUT2D eigenvalue weighted by Gasteiger charge is 2.24. The number of hydrogen-bond acceptors (Lipinski definition) is 3. The van der Waals surface area contributed by atoms with Crippen LogP contribution < -0.4 is 5.32 Å². The van der Waals surface area contributed by atoms with Crippen LogP contribution in [-0.2, 0) is 10.0 Å². The van der Waals surface area contributed by atoms with Crippen LogP contribution in [0.25, 0.3) is 0 Å². The first-order valence-electron chi connectivity index (χ1n) is 6.61. The number of benzene rings is 1. The van der Waals surface area contributed by atoms with Gasteiger partial charge in [-0.05, 0) is 31.0 Å². The summed E-state index contributed by atoms with van der Waals surface area (Å²) in [5, 5.41) is 2.39. The Bertz CT molecular complexity index is 628. The fourth-order valence-corrected chi connectivity index (χ4v) is 3.56. The first kappa shape index (κ1) is 15.8. The van der Waals surface area contributed by atoms with Crippen molar-refractivity contribution in [1.29, 1.82) is 0 Å². The Balaban J connectivity index is 1.88. The molecule has 21 heavy (non-hydrogen) atoms. The van der Waals surface area contributed by atoms with Gasteiger partial charge in [-0.25, -0.2) is 21.5 Å². The molecule has 1 aromatic rings. The molecule has 1 amide bonds. The van der Waals surface area contributed by atoms with E-state index >= 15 is 0 Å². The smallest absolute Gasteiger partial charge is 0.251 e. The molecule has 1 aromatic carbocycles. The van der Waals surface area contributed by atoms with Crippen LogP contribution in [0.5, 0.6) is 0 Å². The molecule has 1 N–H and O–H groups in total. The second-order valence-electron chi connectivity index (χ2n) is 4.81. The van der Waals surface area contributed by atoms with Crippen molar-refractivity contribution in [3.05, 3.63) is 35.4 Å². The fraction of sp³-hybridized carbons (Fsp3) is 0.462. The number of amides is 1. The minimum Gasteiger partial charge on any atom is -0.351 e. The molecule has 0 atom stereocenters. The van der Waals surface area contributed by atoms with Crippen LogP contribution in [-0.4, -0.2) is 44.0 Å². The highest BCUT2D eigenvalue weighted by atomic mass is 32.2. The van der Waals surface area contributed by atoms with Crippen molar-refractivity contribution in [3.8, 4) is 0 Å². The molecule has 1 fully saturated rings. The molecule has 2 rings (SSSR count). The highest BCUT2D eigenvalue weighted by molar-refractivity contribution is 7.89. The maximum Gasteiger partial charge on any atom is 0.251 e. The number of sulfonamides is 1. The third-order valence-electron chi connectivity index (χ3n) is 3.29. The summed E-state index contributed by atoms with van der Waals surface area (Å²) in [6.07, 6.45) is 1.70. The SMILES string of the molecule is O=C(NCCS(=O)(=O)N1CCCC1)c1ccc(F)c(F)c1. The lowest BCUT2D eigenvalue weighted by Crippen LogP contribution is -2.36. The summed E-state index contributed by atoms with van der Waals surface area (Å²) in [5.74, 6) is -3.00. The first-order valence-corrected chi connectivity index (χ1v) is 8.22. The van der Waals surface area contributed by atoms with Crippen LogP contribution in [0.4, 0.5) is 8.78 Å². The molecule has 1 saturated heterocycles. The lowest BCUT2D eigenvalue weighted by atomic mass is 10.2. The minimum atomic E-state index is -3.37. The van der Waals surface area contributed by atoms with E-state index in [0.717, 1.165) is 31.0 Å². The van der Waals surface area contributed by atoms with Crippen molar-refractivity contribution >= 4 is 15.9 Å². The molecule has 5 nitrogen and oxygen atoms in total. The standard InChI is InChI=1S/C13H16F2N2O3S/c14-11-4-3-10(9-12(11)15)13(18)16-5-8-21(19,20)17-6-1-2-7-17/h3-4,9H,1-2,5-8H2,(H,16,18). The van der Waals surface area contributed by atoms with Crippen LogP contribution in [0, 0.1) is 11.6 Å². The van der Waals surface area contributed by atoms with Gasteiger partial charge in [-0.15, -0.1) is 0 Å². The van der Waals surface area contributed by atoms with Gasteiger partial charge in [0.2, 0.25) is 10.0 Å². The molecular formula is C13H16F2N2O3S. The number of rotatable bonds is 5. The van der Waals surface area contributed by atoms with E-state index in [1.807, 2.05) is 0 Å². The van der Waals surface area contributed by atoms with E-state index in [1.54, 1.807) is 0 Å². The predicted molar refractivity (Wildman–Crippen MR) is 73.3 cm³/mol. The molecule has 1 heterocycles. The van der Waals surface area contributed by atoms with E-state index in [0.29, 0.717) is 13.1 Å². The van der Waals surface area contributed by atoms with Gasteiger partial charge in [-0.3, -0.25) is 4.79 Å². The van der Waals surface area contributed by atoms with Crippen LogP contribution in [0.15, 0.2) is 18.2 Å². The van der Waals surface area contributed by atoms with E-state index in [1.165, 1.54) is 4.31 Å². The van der Waals surface area contributed by atoms with Gasteiger partial charge in [0.05, 0.1) is 5.75 Å². The molecule has 0 saturated carbocycles. The second-order valence-corrected chi connectivity index (χ2v) is 6.90. The van der Waals surface area contributed by atoms with Crippen LogP contribution >= 0.6 is 0 Å². The van der Waals surface area contributed by atoms with Crippen LogP contribution in [0.2, 0.25) is 0 Å². The molecule has 0 spiro atoms. The van der Waals surface area contributed by atoms with Gasteiger partial charge >= 0.3 is 0 Å². The van der Waals surface area contributed by atoms with Crippen molar-refractivity contribution in [2.24, 2.45) is 0 Å². The van der Waals surface area contributed by atoms with Gasteiger partial charge in [0.15, 0.2) is 11.6 Å². The average Bonchev–Trinajstić information content (AvgIpc) is 2.96. The fourth-order valence-electron chi connectivity index (χ4n) is 2.13. The lowest BCUT2D eigenvalue weighted by Gasteiger charge is -2.15. The minimum absolute atomic E-state index is 0.0486. The number of nitrogens with one attached hydrogen (secondary N) is 1. The molecule has 8 heteroatoms. The Morgan fingerprint density at radius 2 is 1.86 bits per heavy atom. The number of nitrogens with zero attached hydrogens (tertiary/aromatic N) is 1. The zero-order valence-electron chi connectivity index (χ0n) is 11.3. The van der Waals surface area contributed by atoms with E-state index < -0.39 is 27.6 Å². The Morgan fingerprint density at radius 1 is 1.19 bits per heavy atom. The van der Waals surface area contributed by atoms with Crippen molar-refractivity contribution in [1.82, 2.24) is 9.62 Å². The third-order valence-corrected chi connectivity index (χ3v) is 5.16. The van der Waals surface area contributed by atoms with Gasteiger partial charge < -0.3 is 5.32 Å². The van der Waals surface area contributed by atoms with Crippen molar-refractivity contribution in [2.75, 3.05) is 25.4 Å². The molecule has 0 radical (unpaired) electrons. The number of halogens is 2. The van der Waals surface area contributed by atoms with Crippen molar-refractivity contribution < 1.29 is 22.0 Å². The maximum atomic E-state index is 13.0. The third kappa shape index (κ3) is 3.98. The maximum absolute atomic E-state index is 13.0. The summed E-state index contributed by atoms with van der Waals surface area (Å²) in [4.78, 5) is 11.7. The number of hydrogen-bond donors (Lipinski definition) is 1. The first-order chi connectivity index (χ1) is 9.90.